The van der Waals surface area contributed by atoms with Gasteiger partial charge in [-0.2, -0.15) is 0 Å². The fourth-order valence-corrected chi connectivity index (χ4v) is 7.47. The van der Waals surface area contributed by atoms with Gasteiger partial charge in [0.05, 0.1) is 39.0 Å². The Labute approximate surface area is 288 Å². The molecule has 0 bridgehead atoms. The van der Waals surface area contributed by atoms with Gasteiger partial charge in [0.2, 0.25) is 0 Å². The monoisotopic (exact) mass is 642 g/mol. The van der Waals surface area contributed by atoms with Crippen LogP contribution in [0, 0.1) is 0 Å². The summed E-state index contributed by atoms with van der Waals surface area (Å²) in [7, 11) is 0. The molecular weight excluding hydrogens is 613 g/mol. The lowest BCUT2D eigenvalue weighted by Crippen LogP contribution is -2.07. The van der Waals surface area contributed by atoms with Gasteiger partial charge in [-0.15, -0.1) is 0 Å². The van der Waals surface area contributed by atoms with Crippen molar-refractivity contribution in [2.75, 3.05) is 0 Å². The van der Waals surface area contributed by atoms with Crippen LogP contribution < -0.4 is 0 Å². The van der Waals surface area contributed by atoms with Gasteiger partial charge >= 0.3 is 0 Å². The maximum atomic E-state index is 4.88. The molecule has 0 unspecified atom stereocenters. The number of hydrogen-bond acceptors (Lipinski definition) is 4. The number of aromatic nitrogens is 5. The van der Waals surface area contributed by atoms with E-state index >= 15 is 0 Å². The van der Waals surface area contributed by atoms with E-state index in [4.69, 9.17) is 9.98 Å². The van der Waals surface area contributed by atoms with Crippen LogP contribution in [0.3, 0.4) is 0 Å². The molecule has 0 aliphatic carbocycles. The van der Waals surface area contributed by atoms with E-state index in [0.29, 0.717) is 0 Å². The van der Waals surface area contributed by atoms with Crippen molar-refractivity contribution in [3.05, 3.63) is 170 Å². The highest BCUT2D eigenvalue weighted by atomic mass is 15.0. The second kappa shape index (κ2) is 11.5. The average molecular weight is 643 g/mol. The van der Waals surface area contributed by atoms with Crippen LogP contribution in [-0.2, 0) is 0 Å². The normalized spacial score (nSPS) is 13.3. The SMILES string of the molecule is C1=C(c2ccc(-n3c4ccccc4c4ncccc43)cc2)CCC(c2ccc(-c3ccc(-n4c5ccccc5c5cnccc54)cc3)cn2)=N1. The molecule has 0 radical (unpaired) electrons. The molecule has 0 saturated carbocycles. The Morgan fingerprint density at radius 1 is 0.460 bits per heavy atom. The van der Waals surface area contributed by atoms with Gasteiger partial charge < -0.3 is 9.13 Å². The summed E-state index contributed by atoms with van der Waals surface area (Å²) in [6.45, 7) is 0. The largest absolute Gasteiger partial charge is 0.309 e. The molecule has 6 nitrogen and oxygen atoms in total. The van der Waals surface area contributed by atoms with Crippen LogP contribution in [0.25, 0.3) is 71.8 Å². The van der Waals surface area contributed by atoms with Crippen LogP contribution in [0.1, 0.15) is 24.1 Å². The van der Waals surface area contributed by atoms with E-state index in [1.54, 1.807) is 0 Å². The highest BCUT2D eigenvalue weighted by Gasteiger charge is 2.16. The van der Waals surface area contributed by atoms with Gasteiger partial charge in [0.15, 0.2) is 0 Å². The number of para-hydroxylation sites is 2. The first-order valence-electron chi connectivity index (χ1n) is 16.9. The van der Waals surface area contributed by atoms with Crippen molar-refractivity contribution in [3.8, 4) is 22.5 Å². The van der Waals surface area contributed by atoms with E-state index in [-0.39, 0.29) is 0 Å². The molecule has 0 amide bonds. The molecule has 6 heterocycles. The molecule has 236 valence electrons. The van der Waals surface area contributed by atoms with Crippen molar-refractivity contribution in [2.24, 2.45) is 4.99 Å². The smallest absolute Gasteiger partial charge is 0.0963 e. The summed E-state index contributed by atoms with van der Waals surface area (Å²) in [5, 5.41) is 3.53. The van der Waals surface area contributed by atoms with E-state index in [0.717, 1.165) is 79.6 Å². The lowest BCUT2D eigenvalue weighted by molar-refractivity contribution is 1.06. The summed E-state index contributed by atoms with van der Waals surface area (Å²) < 4.78 is 4.60. The number of aliphatic imine (C=N–C) groups is 1. The molecule has 6 heteroatoms. The first kappa shape index (κ1) is 28.4. The van der Waals surface area contributed by atoms with Crippen LogP contribution in [-0.4, -0.2) is 29.8 Å². The van der Waals surface area contributed by atoms with Crippen LogP contribution in [0.4, 0.5) is 0 Å². The Hall–Kier alpha value is -6.66. The Morgan fingerprint density at radius 3 is 1.86 bits per heavy atom. The van der Waals surface area contributed by atoms with Crippen molar-refractivity contribution in [2.45, 2.75) is 12.8 Å². The second-order valence-electron chi connectivity index (χ2n) is 12.7. The highest BCUT2D eigenvalue weighted by molar-refractivity contribution is 6.09. The van der Waals surface area contributed by atoms with E-state index in [1.165, 1.54) is 22.0 Å². The van der Waals surface area contributed by atoms with Crippen LogP contribution in [0.2, 0.25) is 0 Å². The number of benzene rings is 4. The van der Waals surface area contributed by atoms with Gasteiger partial charge in [-0.25, -0.2) is 0 Å². The number of allylic oxidation sites excluding steroid dienone is 1. The number of rotatable bonds is 5. The minimum Gasteiger partial charge on any atom is -0.309 e. The van der Waals surface area contributed by atoms with Crippen molar-refractivity contribution >= 4 is 55.0 Å². The van der Waals surface area contributed by atoms with E-state index in [9.17, 15) is 0 Å². The molecule has 5 aromatic heterocycles. The van der Waals surface area contributed by atoms with E-state index in [2.05, 4.69) is 140 Å². The van der Waals surface area contributed by atoms with Gasteiger partial charge in [0, 0.05) is 64.1 Å². The van der Waals surface area contributed by atoms with Gasteiger partial charge in [0.25, 0.3) is 0 Å². The third-order valence-electron chi connectivity index (χ3n) is 9.92. The molecule has 10 rings (SSSR count). The predicted octanol–water partition coefficient (Wildman–Crippen LogP) is 10.4. The third-order valence-corrected chi connectivity index (χ3v) is 9.92. The van der Waals surface area contributed by atoms with Crippen molar-refractivity contribution < 1.29 is 0 Å². The minimum atomic E-state index is 0.849. The lowest BCUT2D eigenvalue weighted by atomic mass is 9.97. The molecule has 0 fully saturated rings. The maximum absolute atomic E-state index is 4.88. The third kappa shape index (κ3) is 4.57. The van der Waals surface area contributed by atoms with Crippen LogP contribution >= 0.6 is 0 Å². The molecule has 9 aromatic rings. The van der Waals surface area contributed by atoms with Gasteiger partial charge in [-0.05, 0) is 90.2 Å². The van der Waals surface area contributed by atoms with Gasteiger partial charge in [-0.3, -0.25) is 19.9 Å². The number of pyridine rings is 3. The van der Waals surface area contributed by atoms with Crippen LogP contribution in [0.15, 0.2) is 163 Å². The molecule has 0 atom stereocenters. The van der Waals surface area contributed by atoms with Crippen LogP contribution in [0.5, 0.6) is 0 Å². The molecule has 4 aromatic carbocycles. The van der Waals surface area contributed by atoms with Crippen molar-refractivity contribution in [1.29, 1.82) is 0 Å². The summed E-state index contributed by atoms with van der Waals surface area (Å²) in [6, 6.07) is 44.9. The average Bonchev–Trinajstić information content (AvgIpc) is 3.71. The Morgan fingerprint density at radius 2 is 1.12 bits per heavy atom. The van der Waals surface area contributed by atoms with Gasteiger partial charge in [0.1, 0.15) is 0 Å². The quantitative estimate of drug-likeness (QED) is 0.188. The first-order valence-corrected chi connectivity index (χ1v) is 16.9. The number of fused-ring (bicyclic) bond motifs is 6. The maximum Gasteiger partial charge on any atom is 0.0963 e. The molecular formula is C44H30N6. The standard InChI is InChI=1S/C44H30N6/c1-3-8-40-35(6-1)37-28-45-25-23-42(37)49(40)33-17-11-29(12-18-33)31-15-21-38(47-26-31)39-22-16-32(27-48-39)30-13-19-34(20-14-30)50-41-9-4-2-7-36(41)44-43(50)10-5-24-46-44/h1-15,17-21,23-28H,16,22H2. The summed E-state index contributed by atoms with van der Waals surface area (Å²) in [5.41, 5.74) is 14.5. The summed E-state index contributed by atoms with van der Waals surface area (Å²) in [5.74, 6) is 0. The van der Waals surface area contributed by atoms with E-state index in [1.807, 2.05) is 37.1 Å². The lowest BCUT2D eigenvalue weighted by Gasteiger charge is -2.15. The topological polar surface area (TPSA) is 60.9 Å². The zero-order chi connectivity index (χ0) is 33.0. The Balaban J connectivity index is 0.888. The van der Waals surface area contributed by atoms with Crippen molar-refractivity contribution in [3.63, 3.8) is 0 Å². The molecule has 1 aliphatic rings. The fraction of sp³-hybridized carbons (Fsp3) is 0.0455. The number of hydrogen-bond donors (Lipinski definition) is 0. The predicted molar refractivity (Wildman–Crippen MR) is 204 cm³/mol. The summed E-state index contributed by atoms with van der Waals surface area (Å²) in [6.07, 6.45) is 11.4. The summed E-state index contributed by atoms with van der Waals surface area (Å²) in [4.78, 5) is 18.8. The number of nitrogens with zero attached hydrogens (tertiary/aromatic N) is 6. The molecule has 1 aliphatic heterocycles. The fourth-order valence-electron chi connectivity index (χ4n) is 7.47. The molecule has 0 spiro atoms. The van der Waals surface area contributed by atoms with Crippen molar-refractivity contribution in [1.82, 2.24) is 24.1 Å². The molecule has 0 N–H and O–H groups in total. The second-order valence-corrected chi connectivity index (χ2v) is 12.7. The zero-order valence-electron chi connectivity index (χ0n) is 27.1. The summed E-state index contributed by atoms with van der Waals surface area (Å²) >= 11 is 0. The molecule has 0 saturated heterocycles. The Bertz CT molecular complexity index is 2680. The van der Waals surface area contributed by atoms with E-state index < -0.39 is 0 Å². The Kier molecular flexibility index (Phi) is 6.52. The highest BCUT2D eigenvalue weighted by Crippen LogP contribution is 2.34. The zero-order valence-corrected chi connectivity index (χ0v) is 27.1. The minimum absolute atomic E-state index is 0.849. The molecule has 50 heavy (non-hydrogen) atoms. The first-order chi connectivity index (χ1) is 24.8. The van der Waals surface area contributed by atoms with Gasteiger partial charge in [-0.1, -0.05) is 66.7 Å².